The fourth-order valence-electron chi connectivity index (χ4n) is 1.37. The molecule has 2 heterocycles. The highest BCUT2D eigenvalue weighted by molar-refractivity contribution is 9.10. The molecule has 0 aliphatic carbocycles. The van der Waals surface area contributed by atoms with Crippen LogP contribution in [-0.2, 0) is 11.3 Å². The van der Waals surface area contributed by atoms with Crippen LogP contribution in [0.15, 0.2) is 21.3 Å². The monoisotopic (exact) mass is 344 g/mol. The molecule has 0 aromatic carbocycles. The van der Waals surface area contributed by atoms with E-state index < -0.39 is 5.97 Å². The summed E-state index contributed by atoms with van der Waals surface area (Å²) in [4.78, 5) is 19.8. The van der Waals surface area contributed by atoms with Gasteiger partial charge in [-0.15, -0.1) is 0 Å². The van der Waals surface area contributed by atoms with Crippen LogP contribution in [0, 0.1) is 13.8 Å². The van der Waals surface area contributed by atoms with Crippen LogP contribution in [0.25, 0.3) is 0 Å². The molecule has 7 heteroatoms. The van der Waals surface area contributed by atoms with Crippen LogP contribution in [0.1, 0.15) is 27.7 Å². The molecule has 100 valence electrons. The van der Waals surface area contributed by atoms with Crippen molar-refractivity contribution in [2.24, 2.45) is 0 Å². The SMILES string of the molecule is Cc1cnc(COC(=O)c2cnc(C)c(Cl)c2Br)o1. The maximum absolute atomic E-state index is 11.9. The fraction of sp³-hybridized carbons (Fsp3) is 0.250. The van der Waals surface area contributed by atoms with Gasteiger partial charge in [0.05, 0.1) is 26.9 Å². The molecule has 0 aliphatic rings. The molecule has 5 nitrogen and oxygen atoms in total. The van der Waals surface area contributed by atoms with Crippen LogP contribution in [0.3, 0.4) is 0 Å². The average molecular weight is 346 g/mol. The topological polar surface area (TPSA) is 65.2 Å². The number of rotatable bonds is 3. The van der Waals surface area contributed by atoms with Crippen LogP contribution in [0.5, 0.6) is 0 Å². The molecule has 0 saturated heterocycles. The summed E-state index contributed by atoms with van der Waals surface area (Å²) in [6.07, 6.45) is 2.97. The predicted molar refractivity (Wildman–Crippen MR) is 72.0 cm³/mol. The van der Waals surface area contributed by atoms with Crippen LogP contribution in [-0.4, -0.2) is 15.9 Å². The molecule has 0 aliphatic heterocycles. The number of carbonyl (C=O) groups excluding carboxylic acids is 1. The van der Waals surface area contributed by atoms with E-state index in [1.807, 2.05) is 0 Å². The number of aromatic nitrogens is 2. The van der Waals surface area contributed by atoms with Gasteiger partial charge in [0.15, 0.2) is 6.61 Å². The molecule has 0 amide bonds. The van der Waals surface area contributed by atoms with Crippen LogP contribution in [0.2, 0.25) is 5.02 Å². The molecule has 19 heavy (non-hydrogen) atoms. The zero-order valence-electron chi connectivity index (χ0n) is 10.2. The lowest BCUT2D eigenvalue weighted by Crippen LogP contribution is -2.07. The molecule has 0 fully saturated rings. The Morgan fingerprint density at radius 1 is 1.42 bits per heavy atom. The number of pyridine rings is 1. The van der Waals surface area contributed by atoms with Gasteiger partial charge in [0.2, 0.25) is 5.89 Å². The number of hydrogen-bond donors (Lipinski definition) is 0. The highest BCUT2D eigenvalue weighted by Crippen LogP contribution is 2.28. The van der Waals surface area contributed by atoms with Gasteiger partial charge < -0.3 is 9.15 Å². The first-order chi connectivity index (χ1) is 8.99. The van der Waals surface area contributed by atoms with Gasteiger partial charge in [0, 0.05) is 6.20 Å². The largest absolute Gasteiger partial charge is 0.452 e. The molecule has 0 bridgehead atoms. The van der Waals surface area contributed by atoms with Gasteiger partial charge in [-0.1, -0.05) is 11.6 Å². The first-order valence-corrected chi connectivity index (χ1v) is 6.55. The lowest BCUT2D eigenvalue weighted by atomic mass is 10.2. The maximum Gasteiger partial charge on any atom is 0.341 e. The normalized spacial score (nSPS) is 10.5. The Hall–Kier alpha value is -1.40. The Balaban J connectivity index is 2.10. The first-order valence-electron chi connectivity index (χ1n) is 5.38. The molecule has 0 radical (unpaired) electrons. The second-order valence-electron chi connectivity index (χ2n) is 3.83. The molecule has 2 rings (SSSR count). The van der Waals surface area contributed by atoms with Crippen molar-refractivity contribution in [3.8, 4) is 0 Å². The highest BCUT2D eigenvalue weighted by Gasteiger charge is 2.17. The quantitative estimate of drug-likeness (QED) is 0.797. The third kappa shape index (κ3) is 3.13. The van der Waals surface area contributed by atoms with Crippen molar-refractivity contribution in [1.29, 1.82) is 0 Å². The Kier molecular flexibility index (Phi) is 4.21. The van der Waals surface area contributed by atoms with E-state index in [4.69, 9.17) is 20.8 Å². The summed E-state index contributed by atoms with van der Waals surface area (Å²) in [7, 11) is 0. The first kappa shape index (κ1) is 14.0. The summed E-state index contributed by atoms with van der Waals surface area (Å²) in [5, 5.41) is 0.390. The standard InChI is InChI=1S/C12H10BrClN2O3/c1-6-3-16-9(19-6)5-18-12(17)8-4-15-7(2)11(14)10(8)13/h3-4H,5H2,1-2H3. The molecule has 2 aromatic heterocycles. The van der Waals surface area contributed by atoms with E-state index in [-0.39, 0.29) is 12.2 Å². The number of halogens is 2. The molecular weight excluding hydrogens is 336 g/mol. The van der Waals surface area contributed by atoms with E-state index in [1.54, 1.807) is 20.0 Å². The molecular formula is C12H10BrClN2O3. The van der Waals surface area contributed by atoms with Crippen molar-refractivity contribution < 1.29 is 13.9 Å². The molecule has 0 saturated carbocycles. The smallest absolute Gasteiger partial charge is 0.341 e. The van der Waals surface area contributed by atoms with E-state index in [9.17, 15) is 4.79 Å². The number of esters is 1. The van der Waals surface area contributed by atoms with Crippen molar-refractivity contribution >= 4 is 33.5 Å². The van der Waals surface area contributed by atoms with Gasteiger partial charge in [0.1, 0.15) is 5.76 Å². The van der Waals surface area contributed by atoms with E-state index in [0.717, 1.165) is 0 Å². The zero-order chi connectivity index (χ0) is 14.0. The summed E-state index contributed by atoms with van der Waals surface area (Å²) in [5.41, 5.74) is 0.896. The van der Waals surface area contributed by atoms with Gasteiger partial charge in [-0.2, -0.15) is 0 Å². The van der Waals surface area contributed by atoms with Crippen LogP contribution >= 0.6 is 27.5 Å². The summed E-state index contributed by atoms with van der Waals surface area (Å²) in [5.74, 6) is 0.456. The minimum Gasteiger partial charge on any atom is -0.452 e. The summed E-state index contributed by atoms with van der Waals surface area (Å²) < 4.78 is 10.7. The molecule has 0 unspecified atom stereocenters. The summed E-state index contributed by atoms with van der Waals surface area (Å²) >= 11 is 9.25. The van der Waals surface area contributed by atoms with Gasteiger partial charge >= 0.3 is 5.97 Å². The number of carbonyl (C=O) groups is 1. The fourth-order valence-corrected chi connectivity index (χ4v) is 2.07. The zero-order valence-corrected chi connectivity index (χ0v) is 12.6. The van der Waals surface area contributed by atoms with Gasteiger partial charge in [-0.25, -0.2) is 9.78 Å². The minimum absolute atomic E-state index is 0.0371. The van der Waals surface area contributed by atoms with Crippen molar-refractivity contribution in [3.05, 3.63) is 44.8 Å². The number of nitrogens with zero attached hydrogens (tertiary/aromatic N) is 2. The Labute approximate surface area is 123 Å². The Morgan fingerprint density at radius 2 is 2.16 bits per heavy atom. The predicted octanol–water partition coefficient (Wildman–Crippen LogP) is 3.46. The van der Waals surface area contributed by atoms with Crippen molar-refractivity contribution in [3.63, 3.8) is 0 Å². The highest BCUT2D eigenvalue weighted by atomic mass is 79.9. The molecule has 0 spiro atoms. The molecule has 2 aromatic rings. The maximum atomic E-state index is 11.9. The second-order valence-corrected chi connectivity index (χ2v) is 5.00. The summed E-state index contributed by atoms with van der Waals surface area (Å²) in [6.45, 7) is 3.47. The van der Waals surface area contributed by atoms with E-state index >= 15 is 0 Å². The van der Waals surface area contributed by atoms with Crippen molar-refractivity contribution in [1.82, 2.24) is 9.97 Å². The Bertz CT molecular complexity index is 627. The van der Waals surface area contributed by atoms with Gasteiger partial charge in [-0.05, 0) is 29.8 Å². The molecule has 0 atom stereocenters. The van der Waals surface area contributed by atoms with Crippen molar-refractivity contribution in [2.45, 2.75) is 20.5 Å². The Morgan fingerprint density at radius 3 is 2.79 bits per heavy atom. The lowest BCUT2D eigenvalue weighted by Gasteiger charge is -2.07. The van der Waals surface area contributed by atoms with Gasteiger partial charge in [0.25, 0.3) is 0 Å². The number of aryl methyl sites for hydroxylation is 2. The van der Waals surface area contributed by atoms with Gasteiger partial charge in [-0.3, -0.25) is 4.98 Å². The lowest BCUT2D eigenvalue weighted by molar-refractivity contribution is 0.0435. The number of ether oxygens (including phenoxy) is 1. The van der Waals surface area contributed by atoms with Crippen molar-refractivity contribution in [2.75, 3.05) is 0 Å². The van der Waals surface area contributed by atoms with Crippen LogP contribution < -0.4 is 0 Å². The number of hydrogen-bond acceptors (Lipinski definition) is 5. The third-order valence-electron chi connectivity index (χ3n) is 2.35. The average Bonchev–Trinajstić information content (AvgIpc) is 2.79. The van der Waals surface area contributed by atoms with E-state index in [1.165, 1.54) is 6.20 Å². The third-order valence-corrected chi connectivity index (χ3v) is 3.86. The molecule has 0 N–H and O–H groups in total. The van der Waals surface area contributed by atoms with E-state index in [0.29, 0.717) is 26.8 Å². The second kappa shape index (κ2) is 5.71. The van der Waals surface area contributed by atoms with Crippen LogP contribution in [0.4, 0.5) is 0 Å². The minimum atomic E-state index is -0.544. The summed E-state index contributed by atoms with van der Waals surface area (Å²) in [6, 6.07) is 0. The number of oxazole rings is 1. The van der Waals surface area contributed by atoms with E-state index in [2.05, 4.69) is 25.9 Å².